The molecule has 0 aromatic heterocycles. The lowest BCUT2D eigenvalue weighted by Crippen LogP contribution is -2.46. The fourth-order valence-electron chi connectivity index (χ4n) is 6.57. The number of esters is 1. The van der Waals surface area contributed by atoms with Gasteiger partial charge in [-0.25, -0.2) is 0 Å². The zero-order valence-corrected chi connectivity index (χ0v) is 37.4. The second-order valence-corrected chi connectivity index (χ2v) is 15.6. The van der Waals surface area contributed by atoms with Crippen LogP contribution in [0.2, 0.25) is 0 Å². The van der Waals surface area contributed by atoms with Crippen LogP contribution in [-0.4, -0.2) is 46.9 Å². The molecule has 6 nitrogen and oxygen atoms in total. The van der Waals surface area contributed by atoms with Gasteiger partial charge in [0, 0.05) is 6.42 Å². The number of aliphatic hydroxyl groups is 2. The van der Waals surface area contributed by atoms with Crippen molar-refractivity contribution in [1.29, 1.82) is 0 Å². The Bertz CT molecular complexity index is 1180. The lowest BCUT2D eigenvalue weighted by atomic mass is 10.0. The number of nitrogens with one attached hydrogen (secondary N) is 1. The molecule has 0 aromatic rings. The average Bonchev–Trinajstić information content (AvgIpc) is 3.22. The van der Waals surface area contributed by atoms with Gasteiger partial charge in [0.05, 0.1) is 25.2 Å². The molecule has 0 saturated heterocycles. The second-order valence-electron chi connectivity index (χ2n) is 15.6. The number of carbonyl (C=O) groups is 2. The van der Waals surface area contributed by atoms with Gasteiger partial charge in [-0.3, -0.25) is 9.59 Å². The quantitative estimate of drug-likeness (QED) is 0.0326. The summed E-state index contributed by atoms with van der Waals surface area (Å²) in [6, 6.07) is -0.731. The molecule has 3 unspecified atom stereocenters. The Morgan fingerprint density at radius 2 is 0.948 bits per heavy atom. The van der Waals surface area contributed by atoms with Crippen molar-refractivity contribution in [3.05, 3.63) is 97.2 Å². The van der Waals surface area contributed by atoms with E-state index < -0.39 is 18.2 Å². The Labute approximate surface area is 356 Å². The van der Waals surface area contributed by atoms with E-state index in [4.69, 9.17) is 4.74 Å². The minimum Gasteiger partial charge on any atom is -0.462 e. The van der Waals surface area contributed by atoms with Crippen LogP contribution in [0.1, 0.15) is 194 Å². The minimum absolute atomic E-state index is 0.0180. The molecule has 0 fully saturated rings. The zero-order chi connectivity index (χ0) is 42.4. The highest BCUT2D eigenvalue weighted by atomic mass is 16.5. The number of carbonyl (C=O) groups excluding carboxylic acids is 2. The van der Waals surface area contributed by atoms with Crippen molar-refractivity contribution in [3.8, 4) is 0 Å². The van der Waals surface area contributed by atoms with E-state index in [0.717, 1.165) is 70.6 Å². The monoisotopic (exact) mass is 806 g/mol. The summed E-state index contributed by atoms with van der Waals surface area (Å²) in [6.45, 7) is 6.16. The van der Waals surface area contributed by atoms with Crippen molar-refractivity contribution in [2.45, 2.75) is 212 Å². The second kappa shape index (κ2) is 44.9. The van der Waals surface area contributed by atoms with Crippen LogP contribution in [0.25, 0.3) is 0 Å². The van der Waals surface area contributed by atoms with Crippen LogP contribution in [0.4, 0.5) is 0 Å². The molecule has 0 saturated carbocycles. The number of amides is 1. The molecular weight excluding hydrogens is 719 g/mol. The first-order valence-electron chi connectivity index (χ1n) is 23.6. The number of ether oxygens (including phenoxy) is 1. The van der Waals surface area contributed by atoms with Crippen LogP contribution in [0.15, 0.2) is 97.2 Å². The molecule has 0 aliphatic rings. The van der Waals surface area contributed by atoms with Gasteiger partial charge in [-0.2, -0.15) is 0 Å². The highest BCUT2D eigenvalue weighted by Gasteiger charge is 2.24. The highest BCUT2D eigenvalue weighted by molar-refractivity contribution is 5.77. The predicted molar refractivity (Wildman–Crippen MR) is 250 cm³/mol. The Morgan fingerprint density at radius 3 is 1.45 bits per heavy atom. The maximum atomic E-state index is 13.1. The van der Waals surface area contributed by atoms with Gasteiger partial charge in [-0.15, -0.1) is 0 Å². The van der Waals surface area contributed by atoms with Gasteiger partial charge in [0.25, 0.3) is 0 Å². The molecule has 0 spiro atoms. The number of unbranched alkanes of at least 4 members (excludes halogenated alkanes) is 18. The van der Waals surface area contributed by atoms with E-state index in [9.17, 15) is 19.8 Å². The van der Waals surface area contributed by atoms with E-state index in [1.54, 1.807) is 0 Å². The average molecular weight is 806 g/mol. The van der Waals surface area contributed by atoms with Gasteiger partial charge in [0.15, 0.2) is 0 Å². The van der Waals surface area contributed by atoms with Gasteiger partial charge in [-0.1, -0.05) is 221 Å². The van der Waals surface area contributed by atoms with Crippen molar-refractivity contribution in [2.75, 3.05) is 6.61 Å². The third-order valence-electron chi connectivity index (χ3n) is 10.1. The molecule has 1 amide bonds. The van der Waals surface area contributed by atoms with E-state index in [1.165, 1.54) is 77.0 Å². The fourth-order valence-corrected chi connectivity index (χ4v) is 6.57. The van der Waals surface area contributed by atoms with E-state index in [-0.39, 0.29) is 24.9 Å². The number of hydrogen-bond acceptors (Lipinski definition) is 5. The van der Waals surface area contributed by atoms with Crippen LogP contribution in [0.3, 0.4) is 0 Å². The summed E-state index contributed by atoms with van der Waals surface area (Å²) in [6.07, 6.45) is 59.0. The molecule has 0 aliphatic heterocycles. The van der Waals surface area contributed by atoms with Gasteiger partial charge in [0.2, 0.25) is 5.91 Å². The molecule has 0 heterocycles. The zero-order valence-electron chi connectivity index (χ0n) is 37.4. The molecular formula is C52H87NO5. The Kier molecular flexibility index (Phi) is 42.4. The molecule has 0 aliphatic carbocycles. The largest absolute Gasteiger partial charge is 0.462 e. The van der Waals surface area contributed by atoms with Crippen LogP contribution >= 0.6 is 0 Å². The lowest BCUT2D eigenvalue weighted by Gasteiger charge is -2.24. The normalized spacial score (nSPS) is 14.2. The van der Waals surface area contributed by atoms with Gasteiger partial charge in [0.1, 0.15) is 6.10 Å². The first kappa shape index (κ1) is 54.8. The van der Waals surface area contributed by atoms with Gasteiger partial charge < -0.3 is 20.3 Å². The van der Waals surface area contributed by atoms with E-state index in [2.05, 4.69) is 74.7 Å². The summed E-state index contributed by atoms with van der Waals surface area (Å²) < 4.78 is 5.87. The van der Waals surface area contributed by atoms with Crippen LogP contribution in [-0.2, 0) is 14.3 Å². The summed E-state index contributed by atoms with van der Waals surface area (Å²) in [4.78, 5) is 26.0. The van der Waals surface area contributed by atoms with Crippen LogP contribution in [0.5, 0.6) is 0 Å². The Hall–Kier alpha value is -3.22. The smallest absolute Gasteiger partial charge is 0.306 e. The Morgan fingerprint density at radius 1 is 0.517 bits per heavy atom. The molecule has 0 aromatic carbocycles. The van der Waals surface area contributed by atoms with Crippen molar-refractivity contribution in [1.82, 2.24) is 5.32 Å². The maximum absolute atomic E-state index is 13.1. The lowest BCUT2D eigenvalue weighted by molar-refractivity contribution is -0.151. The molecule has 58 heavy (non-hydrogen) atoms. The van der Waals surface area contributed by atoms with Crippen molar-refractivity contribution in [2.24, 2.45) is 0 Å². The molecule has 0 radical (unpaired) electrons. The highest BCUT2D eigenvalue weighted by Crippen LogP contribution is 2.16. The fraction of sp³-hybridized carbons (Fsp3) is 0.654. The molecule has 3 atom stereocenters. The standard InChI is InChI=1S/C52H87NO5/c1-4-7-10-13-16-19-22-24-25-27-30-33-36-39-42-45-52(57)58-48(43-40-37-34-31-29-26-23-20-17-14-11-8-5-2)46-51(56)53-49(47-54)50(55)44-41-38-35-32-28-21-18-15-12-9-6-3/h7-8,10-11,13-14,16-17,19-20,22-23,26,29,31,34,48-50,54-55H,4-6,9,12,15,18,21,24-25,27-28,30,32-33,35-47H2,1-3H3,(H,53,56)/b10-7+,11-8+,16-13+,17-14+,22-19+,23-20-,29-26-,34-31+. The number of hydrogen-bond donors (Lipinski definition) is 3. The van der Waals surface area contributed by atoms with Crippen molar-refractivity contribution >= 4 is 11.9 Å². The van der Waals surface area contributed by atoms with Gasteiger partial charge >= 0.3 is 5.97 Å². The Balaban J connectivity index is 4.75. The molecule has 3 N–H and O–H groups in total. The molecule has 6 heteroatoms. The van der Waals surface area contributed by atoms with E-state index in [0.29, 0.717) is 19.3 Å². The summed E-state index contributed by atoms with van der Waals surface area (Å²) in [7, 11) is 0. The molecule has 330 valence electrons. The first-order valence-corrected chi connectivity index (χ1v) is 23.6. The molecule has 0 rings (SSSR count). The number of rotatable bonds is 40. The van der Waals surface area contributed by atoms with Crippen molar-refractivity contribution in [3.63, 3.8) is 0 Å². The van der Waals surface area contributed by atoms with E-state index >= 15 is 0 Å². The minimum atomic E-state index is -0.812. The summed E-state index contributed by atoms with van der Waals surface area (Å²) >= 11 is 0. The maximum Gasteiger partial charge on any atom is 0.306 e. The van der Waals surface area contributed by atoms with Crippen LogP contribution < -0.4 is 5.32 Å². The molecule has 0 bridgehead atoms. The number of allylic oxidation sites excluding steroid dienone is 16. The topological polar surface area (TPSA) is 95.9 Å². The summed E-state index contributed by atoms with van der Waals surface area (Å²) in [5.74, 6) is -0.570. The van der Waals surface area contributed by atoms with Gasteiger partial charge in [-0.05, 0) is 57.8 Å². The van der Waals surface area contributed by atoms with E-state index in [1.807, 2.05) is 48.6 Å². The summed E-state index contributed by atoms with van der Waals surface area (Å²) in [5.41, 5.74) is 0. The third-order valence-corrected chi connectivity index (χ3v) is 10.1. The predicted octanol–water partition coefficient (Wildman–Crippen LogP) is 13.8. The summed E-state index contributed by atoms with van der Waals surface area (Å²) in [5, 5.41) is 23.6. The van der Waals surface area contributed by atoms with Crippen LogP contribution in [0, 0.1) is 0 Å². The third kappa shape index (κ3) is 39.6. The number of aliphatic hydroxyl groups excluding tert-OH is 2. The SMILES string of the molecule is CC/C=C/C=C/C=C\C=C/C=C/CCCC(CC(=O)NC(CO)C(O)CCCCCCCCCCCCC)OC(=O)CCCCCCCCC/C=C/C=C/C=C/CC. The first-order chi connectivity index (χ1) is 28.5. The van der Waals surface area contributed by atoms with Crippen molar-refractivity contribution < 1.29 is 24.5 Å².